The van der Waals surface area contributed by atoms with Crippen molar-refractivity contribution in [2.45, 2.75) is 26.3 Å². The molecule has 0 aliphatic carbocycles. The van der Waals surface area contributed by atoms with Crippen molar-refractivity contribution < 1.29 is 4.79 Å². The number of nitrogens with two attached hydrogens (primary N) is 1. The molecule has 6 heteroatoms. The van der Waals surface area contributed by atoms with Gasteiger partial charge in [0, 0.05) is 5.75 Å². The van der Waals surface area contributed by atoms with E-state index < -0.39 is 6.04 Å². The van der Waals surface area contributed by atoms with E-state index in [1.54, 1.807) is 23.1 Å². The third-order valence-corrected chi connectivity index (χ3v) is 5.47. The Labute approximate surface area is 131 Å². The van der Waals surface area contributed by atoms with Crippen LogP contribution in [0.4, 0.5) is 0 Å². The minimum absolute atomic E-state index is 0.363. The smallest absolute Gasteiger partial charge is 0.243 e. The van der Waals surface area contributed by atoms with Crippen LogP contribution >= 0.6 is 23.1 Å². The van der Waals surface area contributed by atoms with Gasteiger partial charge in [-0.15, -0.1) is 23.1 Å². The van der Waals surface area contributed by atoms with E-state index >= 15 is 0 Å². The Hall–Kier alpha value is -1.40. The number of benzene rings is 1. The highest BCUT2D eigenvalue weighted by Crippen LogP contribution is 2.30. The molecule has 0 saturated heterocycles. The Morgan fingerprint density at radius 2 is 2.29 bits per heavy atom. The van der Waals surface area contributed by atoms with Crippen LogP contribution in [-0.4, -0.2) is 27.7 Å². The van der Waals surface area contributed by atoms with Crippen LogP contribution in [0, 0.1) is 5.92 Å². The van der Waals surface area contributed by atoms with E-state index in [-0.39, 0.29) is 5.91 Å². The molecule has 110 valence electrons. The zero-order chi connectivity index (χ0) is 15.0. The van der Waals surface area contributed by atoms with Crippen molar-refractivity contribution in [1.29, 1.82) is 0 Å². The molecule has 2 heterocycles. The van der Waals surface area contributed by atoms with E-state index in [1.165, 1.54) is 10.3 Å². The predicted molar refractivity (Wildman–Crippen MR) is 90.1 cm³/mol. The molecule has 2 aromatic rings. The summed E-state index contributed by atoms with van der Waals surface area (Å²) in [5.74, 6) is 0.901. The van der Waals surface area contributed by atoms with Crippen LogP contribution in [0.2, 0.25) is 0 Å². The molecule has 1 aromatic heterocycles. The summed E-state index contributed by atoms with van der Waals surface area (Å²) < 4.78 is 1.17. The van der Waals surface area contributed by atoms with E-state index in [9.17, 15) is 4.79 Å². The van der Waals surface area contributed by atoms with Gasteiger partial charge < -0.3 is 5.73 Å². The molecule has 1 amide bonds. The SMILES string of the molecule is CC(C)Cc1ccc2nc(C3=N[C@@H](C(N)=O)CS3)sc2c1. The summed E-state index contributed by atoms with van der Waals surface area (Å²) in [7, 11) is 0. The van der Waals surface area contributed by atoms with Crippen molar-refractivity contribution in [3.8, 4) is 0 Å². The topological polar surface area (TPSA) is 68.3 Å². The molecule has 2 N–H and O–H groups in total. The number of carbonyl (C=O) groups is 1. The maximum atomic E-state index is 11.2. The lowest BCUT2D eigenvalue weighted by Gasteiger charge is -2.03. The summed E-state index contributed by atoms with van der Waals surface area (Å²) in [6.07, 6.45) is 1.07. The lowest BCUT2D eigenvalue weighted by Crippen LogP contribution is -2.26. The number of thioether (sulfide) groups is 1. The fourth-order valence-corrected chi connectivity index (χ4v) is 4.44. The molecule has 0 bridgehead atoms. The highest BCUT2D eigenvalue weighted by Gasteiger charge is 2.25. The molecule has 0 saturated carbocycles. The molecular formula is C15H17N3OS2. The van der Waals surface area contributed by atoms with Gasteiger partial charge in [-0.2, -0.15) is 0 Å². The zero-order valence-electron chi connectivity index (χ0n) is 12.0. The number of hydrogen-bond donors (Lipinski definition) is 1. The first-order valence-electron chi connectivity index (χ1n) is 6.92. The maximum absolute atomic E-state index is 11.2. The van der Waals surface area contributed by atoms with Crippen LogP contribution in [0.15, 0.2) is 23.2 Å². The average molecular weight is 319 g/mol. The van der Waals surface area contributed by atoms with Gasteiger partial charge in [0.1, 0.15) is 16.1 Å². The van der Waals surface area contributed by atoms with Crippen molar-refractivity contribution in [2.24, 2.45) is 16.6 Å². The number of thiazole rings is 1. The van der Waals surface area contributed by atoms with E-state index in [0.717, 1.165) is 22.0 Å². The number of aliphatic imine (C=N–C) groups is 1. The highest BCUT2D eigenvalue weighted by molar-refractivity contribution is 8.15. The molecule has 1 atom stereocenters. The van der Waals surface area contributed by atoms with Crippen LogP contribution in [0.3, 0.4) is 0 Å². The van der Waals surface area contributed by atoms with Gasteiger partial charge in [0.05, 0.1) is 10.2 Å². The number of rotatable bonds is 4. The van der Waals surface area contributed by atoms with Crippen LogP contribution in [0.1, 0.15) is 24.4 Å². The number of nitrogens with zero attached hydrogens (tertiary/aromatic N) is 2. The molecule has 0 unspecified atom stereocenters. The monoisotopic (exact) mass is 319 g/mol. The second-order valence-corrected chi connectivity index (χ2v) is 7.62. The third kappa shape index (κ3) is 3.11. The van der Waals surface area contributed by atoms with Gasteiger partial charge in [-0.1, -0.05) is 19.9 Å². The van der Waals surface area contributed by atoms with Crippen molar-refractivity contribution in [2.75, 3.05) is 5.75 Å². The van der Waals surface area contributed by atoms with Crippen molar-refractivity contribution in [1.82, 2.24) is 4.98 Å². The molecule has 0 spiro atoms. The highest BCUT2D eigenvalue weighted by atomic mass is 32.2. The summed E-state index contributed by atoms with van der Waals surface area (Å²) >= 11 is 3.19. The van der Waals surface area contributed by atoms with Gasteiger partial charge in [-0.25, -0.2) is 4.98 Å². The van der Waals surface area contributed by atoms with Crippen molar-refractivity contribution in [3.63, 3.8) is 0 Å². The fourth-order valence-electron chi connectivity index (χ4n) is 2.30. The summed E-state index contributed by atoms with van der Waals surface area (Å²) in [5, 5.41) is 1.73. The number of fused-ring (bicyclic) bond motifs is 1. The molecule has 4 nitrogen and oxygen atoms in total. The van der Waals surface area contributed by atoms with Crippen molar-refractivity contribution in [3.05, 3.63) is 28.8 Å². The molecule has 21 heavy (non-hydrogen) atoms. The van der Waals surface area contributed by atoms with E-state index in [1.807, 2.05) is 0 Å². The van der Waals surface area contributed by atoms with Gasteiger partial charge >= 0.3 is 0 Å². The molecule has 0 radical (unpaired) electrons. The number of aromatic nitrogens is 1. The van der Waals surface area contributed by atoms with Crippen LogP contribution in [0.5, 0.6) is 0 Å². The van der Waals surface area contributed by atoms with E-state index in [4.69, 9.17) is 5.73 Å². The molecule has 1 aromatic carbocycles. The van der Waals surface area contributed by atoms with Gasteiger partial charge in [-0.3, -0.25) is 9.79 Å². The number of amides is 1. The zero-order valence-corrected chi connectivity index (χ0v) is 13.6. The van der Waals surface area contributed by atoms with E-state index in [0.29, 0.717) is 11.7 Å². The van der Waals surface area contributed by atoms with Gasteiger partial charge in [0.15, 0.2) is 0 Å². The van der Waals surface area contributed by atoms with Crippen LogP contribution < -0.4 is 5.73 Å². The Morgan fingerprint density at radius 1 is 1.48 bits per heavy atom. The average Bonchev–Trinajstić information content (AvgIpc) is 3.03. The number of hydrogen-bond acceptors (Lipinski definition) is 5. The summed E-state index contributed by atoms with van der Waals surface area (Å²) in [5.41, 5.74) is 7.63. The minimum Gasteiger partial charge on any atom is -0.368 e. The summed E-state index contributed by atoms with van der Waals surface area (Å²) in [6.45, 7) is 4.44. The largest absolute Gasteiger partial charge is 0.368 e. The van der Waals surface area contributed by atoms with Crippen molar-refractivity contribution >= 4 is 44.3 Å². The fraction of sp³-hybridized carbons (Fsp3) is 0.400. The normalized spacial score (nSPS) is 18.4. The van der Waals surface area contributed by atoms with Crippen LogP contribution in [-0.2, 0) is 11.2 Å². The summed E-state index contributed by atoms with van der Waals surface area (Å²) in [4.78, 5) is 20.2. The first-order chi connectivity index (χ1) is 10.0. The van der Waals surface area contributed by atoms with Gasteiger partial charge in [-0.05, 0) is 30.0 Å². The van der Waals surface area contributed by atoms with E-state index in [2.05, 4.69) is 42.0 Å². The minimum atomic E-state index is -0.409. The quantitative estimate of drug-likeness (QED) is 0.942. The number of carbonyl (C=O) groups excluding carboxylic acids is 1. The summed E-state index contributed by atoms with van der Waals surface area (Å²) in [6, 6.07) is 6.01. The predicted octanol–water partition coefficient (Wildman–Crippen LogP) is 2.84. The van der Waals surface area contributed by atoms with Gasteiger partial charge in [0.2, 0.25) is 5.91 Å². The molecule has 1 aliphatic rings. The molecule has 1 aliphatic heterocycles. The lowest BCUT2D eigenvalue weighted by atomic mass is 10.0. The standard InChI is InChI=1S/C15H17N3OS2/c1-8(2)5-9-3-4-10-12(6-9)21-15(17-10)14-18-11(7-20-14)13(16)19/h3-4,6,8,11H,5,7H2,1-2H3,(H2,16,19)/t11-/m1/s1. The molecular weight excluding hydrogens is 302 g/mol. The number of primary amides is 1. The Morgan fingerprint density at radius 3 is 2.95 bits per heavy atom. The lowest BCUT2D eigenvalue weighted by molar-refractivity contribution is -0.118. The second-order valence-electron chi connectivity index (χ2n) is 5.58. The Bertz CT molecular complexity index is 721. The Balaban J connectivity index is 1.91. The van der Waals surface area contributed by atoms with Gasteiger partial charge in [0.25, 0.3) is 0 Å². The molecule has 0 fully saturated rings. The second kappa shape index (κ2) is 5.77. The Kier molecular flexibility index (Phi) is 3.99. The first kappa shape index (κ1) is 14.5. The van der Waals surface area contributed by atoms with Crippen LogP contribution in [0.25, 0.3) is 10.2 Å². The third-order valence-electron chi connectivity index (χ3n) is 3.26. The maximum Gasteiger partial charge on any atom is 0.243 e. The first-order valence-corrected chi connectivity index (χ1v) is 8.73. The molecule has 3 rings (SSSR count).